The van der Waals surface area contributed by atoms with Gasteiger partial charge in [-0.15, -0.1) is 0 Å². The Kier molecular flexibility index (Phi) is 20.2. The van der Waals surface area contributed by atoms with Crippen LogP contribution in [-0.2, 0) is 26.2 Å². The summed E-state index contributed by atoms with van der Waals surface area (Å²) in [6.07, 6.45) is 0. The zero-order valence-corrected chi connectivity index (χ0v) is 7.84. The Morgan fingerprint density at radius 2 is 1.25 bits per heavy atom. The van der Waals surface area contributed by atoms with Gasteiger partial charge in [-0.05, 0) is 0 Å². The minimum absolute atomic E-state index is 0. The molecule has 0 aromatic heterocycles. The van der Waals surface area contributed by atoms with Crippen molar-refractivity contribution in [3.8, 4) is 0 Å². The Bertz CT molecular complexity index is 60.9. The van der Waals surface area contributed by atoms with Gasteiger partial charge in [0.15, 0.2) is 0 Å². The molecule has 0 amide bonds. The first-order chi connectivity index (χ1) is 2.50. The first-order valence-corrected chi connectivity index (χ1v) is 1.67. The van der Waals surface area contributed by atoms with E-state index < -0.39 is 0 Å². The van der Waals surface area contributed by atoms with Crippen molar-refractivity contribution in [1.29, 1.82) is 0 Å². The van der Waals surface area contributed by atoms with Crippen LogP contribution in [0, 0.1) is 14.9 Å². The van der Waals surface area contributed by atoms with Crippen LogP contribution < -0.4 is 0 Å². The smallest absolute Gasteiger partial charge is 0.358 e. The Labute approximate surface area is 71.4 Å². The van der Waals surface area contributed by atoms with E-state index in [0.717, 1.165) is 0 Å². The molecular formula is C7H11Zr. The van der Waals surface area contributed by atoms with Crippen LogP contribution in [0.2, 0.25) is 0 Å². The number of hydrogen-bond acceptors (Lipinski definition) is 0. The zero-order chi connectivity index (χ0) is 3.54. The average Bonchev–Trinajstić information content (AvgIpc) is 1.76. The van der Waals surface area contributed by atoms with Crippen molar-refractivity contribution in [2.24, 2.45) is 0 Å². The summed E-state index contributed by atoms with van der Waals surface area (Å²) in [4.78, 5) is 0. The fraction of sp³-hybridized carbons (Fsp3) is 0. The van der Waals surface area contributed by atoms with Crippen LogP contribution in [0.1, 0.15) is 0 Å². The summed E-state index contributed by atoms with van der Waals surface area (Å²) in [7, 11) is 0. The monoisotopic (exact) mass is 185 g/mol. The standard InChI is InChI=1S/C5H5.2CH3.Zr/c1-2-4-5-3-1;;;/h1-5H;2*1H3;/q3*-1;+3. The maximum atomic E-state index is 2.00. The molecule has 0 aliphatic carbocycles. The Morgan fingerprint density at radius 1 is 0.875 bits per heavy atom. The van der Waals surface area contributed by atoms with Gasteiger partial charge < -0.3 is 14.9 Å². The molecule has 1 aromatic carbocycles. The van der Waals surface area contributed by atoms with Crippen LogP contribution in [-0.4, -0.2) is 0 Å². The van der Waals surface area contributed by atoms with Crippen molar-refractivity contribution in [3.63, 3.8) is 0 Å². The molecule has 0 fully saturated rings. The fourth-order valence-electron chi connectivity index (χ4n) is 0.321. The van der Waals surface area contributed by atoms with Crippen LogP contribution in [0.25, 0.3) is 0 Å². The molecule has 0 aliphatic heterocycles. The van der Waals surface area contributed by atoms with E-state index in [4.69, 9.17) is 0 Å². The van der Waals surface area contributed by atoms with Gasteiger partial charge >= 0.3 is 26.2 Å². The molecule has 0 bridgehead atoms. The predicted molar refractivity (Wildman–Crippen MR) is 34.9 cm³/mol. The summed E-state index contributed by atoms with van der Waals surface area (Å²) in [6.45, 7) is 0. The van der Waals surface area contributed by atoms with Crippen LogP contribution in [0.5, 0.6) is 0 Å². The predicted octanol–water partition coefficient (Wildman–Crippen LogP) is 2.30. The van der Waals surface area contributed by atoms with Crippen LogP contribution in [0.4, 0.5) is 0 Å². The molecule has 8 heavy (non-hydrogen) atoms. The van der Waals surface area contributed by atoms with E-state index >= 15 is 0 Å². The van der Waals surface area contributed by atoms with Gasteiger partial charge in [-0.25, -0.2) is 12.1 Å². The van der Waals surface area contributed by atoms with Gasteiger partial charge in [0.1, 0.15) is 0 Å². The van der Waals surface area contributed by atoms with Gasteiger partial charge in [0.05, 0.1) is 0 Å². The summed E-state index contributed by atoms with van der Waals surface area (Å²) in [5, 5.41) is 0. The van der Waals surface area contributed by atoms with E-state index in [1.54, 1.807) is 0 Å². The third-order valence-electron chi connectivity index (χ3n) is 0.556. The van der Waals surface area contributed by atoms with E-state index in [0.29, 0.717) is 0 Å². The van der Waals surface area contributed by atoms with E-state index in [2.05, 4.69) is 0 Å². The first-order valence-electron chi connectivity index (χ1n) is 1.67. The van der Waals surface area contributed by atoms with E-state index in [1.807, 2.05) is 30.3 Å². The summed E-state index contributed by atoms with van der Waals surface area (Å²) < 4.78 is 0. The SMILES string of the molecule is [CH3-].[CH3-].[Zr+3].c1cc[cH-]c1. The van der Waals surface area contributed by atoms with Crippen molar-refractivity contribution >= 4 is 0 Å². The molecule has 0 aliphatic rings. The van der Waals surface area contributed by atoms with Crippen molar-refractivity contribution in [2.75, 3.05) is 0 Å². The van der Waals surface area contributed by atoms with Gasteiger partial charge in [-0.1, -0.05) is 0 Å². The summed E-state index contributed by atoms with van der Waals surface area (Å²) in [5.41, 5.74) is 0. The molecule has 0 saturated carbocycles. The van der Waals surface area contributed by atoms with Crippen LogP contribution in [0.3, 0.4) is 0 Å². The molecule has 1 aromatic rings. The average molecular weight is 186 g/mol. The molecule has 1 radical (unpaired) electrons. The molecule has 43 valence electrons. The zero-order valence-electron chi connectivity index (χ0n) is 5.39. The summed E-state index contributed by atoms with van der Waals surface area (Å²) >= 11 is 0. The Hall–Kier alpha value is 0.233. The second-order valence-corrected chi connectivity index (χ2v) is 0.962. The summed E-state index contributed by atoms with van der Waals surface area (Å²) in [6, 6.07) is 10.0. The maximum Gasteiger partial charge on any atom is 3.00 e. The van der Waals surface area contributed by atoms with Crippen molar-refractivity contribution in [1.82, 2.24) is 0 Å². The van der Waals surface area contributed by atoms with E-state index in [-0.39, 0.29) is 41.1 Å². The molecule has 1 heteroatoms. The van der Waals surface area contributed by atoms with Crippen molar-refractivity contribution < 1.29 is 26.2 Å². The minimum Gasteiger partial charge on any atom is -0.358 e. The molecule has 0 heterocycles. The second kappa shape index (κ2) is 10.3. The normalized spacial score (nSPS) is 5.00. The number of hydrogen-bond donors (Lipinski definition) is 0. The third kappa shape index (κ3) is 6.23. The third-order valence-corrected chi connectivity index (χ3v) is 0.556. The van der Waals surface area contributed by atoms with Crippen LogP contribution >= 0.6 is 0 Å². The van der Waals surface area contributed by atoms with Gasteiger partial charge in [-0.2, -0.15) is 18.2 Å². The molecule has 0 spiro atoms. The van der Waals surface area contributed by atoms with Crippen molar-refractivity contribution in [3.05, 3.63) is 45.2 Å². The van der Waals surface area contributed by atoms with Crippen molar-refractivity contribution in [2.45, 2.75) is 0 Å². The van der Waals surface area contributed by atoms with E-state index in [1.165, 1.54) is 0 Å². The van der Waals surface area contributed by atoms with Gasteiger partial charge in [0, 0.05) is 0 Å². The maximum absolute atomic E-state index is 2.00. The molecule has 0 unspecified atom stereocenters. The van der Waals surface area contributed by atoms with Crippen LogP contribution in [0.15, 0.2) is 30.3 Å². The van der Waals surface area contributed by atoms with Gasteiger partial charge in [-0.3, -0.25) is 0 Å². The second-order valence-electron chi connectivity index (χ2n) is 0.962. The Balaban J connectivity index is -0.0000000833. The molecule has 1 rings (SSSR count). The summed E-state index contributed by atoms with van der Waals surface area (Å²) in [5.74, 6) is 0. The van der Waals surface area contributed by atoms with Gasteiger partial charge in [0.25, 0.3) is 0 Å². The quantitative estimate of drug-likeness (QED) is 0.546. The first kappa shape index (κ1) is 15.7. The largest absolute Gasteiger partial charge is 3.00 e. The minimum atomic E-state index is 0. The van der Waals surface area contributed by atoms with Gasteiger partial charge in [0.2, 0.25) is 0 Å². The number of rotatable bonds is 0. The molecule has 0 N–H and O–H groups in total. The molecule has 0 saturated heterocycles. The Morgan fingerprint density at radius 3 is 1.38 bits per heavy atom. The molecule has 0 nitrogen and oxygen atoms in total. The fourth-order valence-corrected chi connectivity index (χ4v) is 0.321. The van der Waals surface area contributed by atoms with E-state index in [9.17, 15) is 0 Å². The molecule has 0 atom stereocenters. The topological polar surface area (TPSA) is 0 Å². The molecular weight excluding hydrogens is 175 g/mol.